The molecule has 1 unspecified atom stereocenters. The second-order valence-electron chi connectivity index (χ2n) is 5.96. The second kappa shape index (κ2) is 6.78. The summed E-state index contributed by atoms with van der Waals surface area (Å²) in [5.41, 5.74) is 2.25. The number of hydrogen-bond acceptors (Lipinski definition) is 2. The summed E-state index contributed by atoms with van der Waals surface area (Å²) in [4.78, 5) is 0. The zero-order valence-electron chi connectivity index (χ0n) is 13.0. The van der Waals surface area contributed by atoms with Crippen LogP contribution >= 0.6 is 0 Å². The Bertz CT molecular complexity index is 562. The molecule has 3 nitrogen and oxygen atoms in total. The average Bonchev–Trinajstić information content (AvgIpc) is 2.81. The van der Waals surface area contributed by atoms with Crippen molar-refractivity contribution >= 4 is 11.8 Å². The fourth-order valence-electron chi connectivity index (χ4n) is 3.33. The van der Waals surface area contributed by atoms with Crippen molar-refractivity contribution in [1.29, 1.82) is 0 Å². The molecule has 2 N–H and O–H groups in total. The maximum absolute atomic E-state index is 4.31. The summed E-state index contributed by atoms with van der Waals surface area (Å²) >= 11 is 0. The topological polar surface area (TPSA) is 40.7 Å². The van der Waals surface area contributed by atoms with Crippen LogP contribution in [0.4, 0.5) is 0 Å². The van der Waals surface area contributed by atoms with Gasteiger partial charge in [-0.05, 0) is 45.6 Å². The van der Waals surface area contributed by atoms with Crippen molar-refractivity contribution in [2.75, 3.05) is 0 Å². The smallest absolute Gasteiger partial charge is 0.0687 e. The maximum Gasteiger partial charge on any atom is 0.0687 e. The fraction of sp³-hybridized carbons (Fsp3) is 0.588. The number of allylic oxidation sites excluding steroid dienone is 1. The van der Waals surface area contributed by atoms with Crippen LogP contribution < -0.4 is 15.9 Å². The lowest BCUT2D eigenvalue weighted by atomic mass is 9.84. The molecule has 110 valence electrons. The fourth-order valence-corrected chi connectivity index (χ4v) is 3.33. The van der Waals surface area contributed by atoms with Crippen molar-refractivity contribution in [3.05, 3.63) is 28.9 Å². The number of hydrogen-bond donors (Lipinski definition) is 2. The summed E-state index contributed by atoms with van der Waals surface area (Å²) in [6, 6.07) is 0.529. The highest BCUT2D eigenvalue weighted by atomic mass is 15.1. The number of aryl methyl sites for hydroxylation is 1. The molecule has 0 spiro atoms. The lowest BCUT2D eigenvalue weighted by Crippen LogP contribution is -2.38. The van der Waals surface area contributed by atoms with Gasteiger partial charge in [-0.15, -0.1) is 0 Å². The molecule has 3 heteroatoms. The molecule has 0 saturated heterocycles. The van der Waals surface area contributed by atoms with E-state index in [1.807, 2.05) is 13.0 Å². The Hall–Kier alpha value is -1.51. The van der Waals surface area contributed by atoms with Crippen LogP contribution in [0.5, 0.6) is 0 Å². The summed E-state index contributed by atoms with van der Waals surface area (Å²) in [5, 5.41) is 13.3. The summed E-state index contributed by atoms with van der Waals surface area (Å²) in [6.45, 7) is 10.3. The van der Waals surface area contributed by atoms with Gasteiger partial charge in [0, 0.05) is 17.0 Å². The van der Waals surface area contributed by atoms with E-state index in [9.17, 15) is 0 Å². The third-order valence-electron chi connectivity index (χ3n) is 4.44. The van der Waals surface area contributed by atoms with Crippen molar-refractivity contribution in [2.45, 2.75) is 58.9 Å². The van der Waals surface area contributed by atoms with E-state index in [4.69, 9.17) is 0 Å². The minimum Gasteiger partial charge on any atom is -0.385 e. The molecule has 1 heterocycles. The molecule has 0 radical (unpaired) electrons. The molecule has 1 fully saturated rings. The van der Waals surface area contributed by atoms with E-state index >= 15 is 0 Å². The Labute approximate surface area is 121 Å². The Morgan fingerprint density at radius 2 is 2.10 bits per heavy atom. The van der Waals surface area contributed by atoms with Gasteiger partial charge in [-0.1, -0.05) is 31.9 Å². The van der Waals surface area contributed by atoms with E-state index in [-0.39, 0.29) is 0 Å². The lowest BCUT2D eigenvalue weighted by Gasteiger charge is -2.29. The van der Waals surface area contributed by atoms with Crippen molar-refractivity contribution in [1.82, 2.24) is 15.5 Å². The van der Waals surface area contributed by atoms with Gasteiger partial charge in [0.2, 0.25) is 0 Å². The Balaban J connectivity index is 2.24. The largest absolute Gasteiger partial charge is 0.385 e. The van der Waals surface area contributed by atoms with Crippen molar-refractivity contribution in [3.63, 3.8) is 0 Å². The predicted molar refractivity (Wildman–Crippen MR) is 85.5 cm³/mol. The van der Waals surface area contributed by atoms with Crippen molar-refractivity contribution in [2.24, 2.45) is 5.92 Å². The van der Waals surface area contributed by atoms with Gasteiger partial charge in [-0.3, -0.25) is 5.10 Å². The Morgan fingerprint density at radius 1 is 1.40 bits per heavy atom. The molecule has 1 aliphatic carbocycles. The van der Waals surface area contributed by atoms with Gasteiger partial charge in [0.1, 0.15) is 0 Å². The molecule has 2 rings (SSSR count). The highest BCUT2D eigenvalue weighted by Crippen LogP contribution is 2.26. The first-order chi connectivity index (χ1) is 9.63. The molecule has 0 aromatic carbocycles. The van der Waals surface area contributed by atoms with E-state index in [2.05, 4.69) is 35.9 Å². The maximum atomic E-state index is 4.31. The summed E-state index contributed by atoms with van der Waals surface area (Å²) in [7, 11) is 0. The molecular weight excluding hydrogens is 246 g/mol. The molecule has 0 amide bonds. The predicted octanol–water partition coefficient (Wildman–Crippen LogP) is 2.37. The molecule has 1 aromatic heterocycles. The number of nitrogens with zero attached hydrogens (tertiary/aromatic N) is 1. The number of rotatable bonds is 4. The van der Waals surface area contributed by atoms with E-state index in [1.54, 1.807) is 6.08 Å². The first-order valence-corrected chi connectivity index (χ1v) is 7.74. The van der Waals surface area contributed by atoms with E-state index < -0.39 is 0 Å². The highest BCUT2D eigenvalue weighted by Gasteiger charge is 2.20. The number of aromatic amines is 1. The van der Waals surface area contributed by atoms with Crippen LogP contribution in [-0.4, -0.2) is 16.2 Å². The summed E-state index contributed by atoms with van der Waals surface area (Å²) < 4.78 is 0. The van der Waals surface area contributed by atoms with Crippen LogP contribution in [-0.2, 0) is 0 Å². The quantitative estimate of drug-likeness (QED) is 0.884. The number of aromatic nitrogens is 2. The Kier molecular flexibility index (Phi) is 5.05. The van der Waals surface area contributed by atoms with Crippen LogP contribution in [0.15, 0.2) is 12.7 Å². The summed E-state index contributed by atoms with van der Waals surface area (Å²) in [6.07, 6.45) is 10.7. The average molecular weight is 273 g/mol. The molecule has 1 atom stereocenters. The number of nitrogens with one attached hydrogen (secondary N) is 2. The van der Waals surface area contributed by atoms with Gasteiger partial charge in [-0.2, -0.15) is 5.10 Å². The van der Waals surface area contributed by atoms with Gasteiger partial charge in [-0.25, -0.2) is 0 Å². The van der Waals surface area contributed by atoms with Crippen LogP contribution in [0.1, 0.15) is 51.6 Å². The van der Waals surface area contributed by atoms with Gasteiger partial charge in [0.15, 0.2) is 0 Å². The van der Waals surface area contributed by atoms with Crippen LogP contribution in [0.2, 0.25) is 0 Å². The molecular formula is C17H27N3. The van der Waals surface area contributed by atoms with Crippen molar-refractivity contribution in [3.8, 4) is 0 Å². The SMILES string of the molecule is C=C/C=c1/[nH]nc(C)/c1=C(/C)NC(C)C1CCCCC1. The zero-order valence-corrected chi connectivity index (χ0v) is 13.0. The molecule has 1 aliphatic rings. The minimum absolute atomic E-state index is 0.529. The van der Waals surface area contributed by atoms with E-state index in [0.29, 0.717) is 6.04 Å². The standard InChI is InChI=1S/C17H27N3/c1-5-9-16-17(14(4)19-20-16)13(3)18-12(2)15-10-7-6-8-11-15/h5,9,12,15,18,20H,1,6-8,10-11H2,2-4H3/b16-9+,17-13+. The van der Waals surface area contributed by atoms with Gasteiger partial charge < -0.3 is 5.32 Å². The highest BCUT2D eigenvalue weighted by molar-refractivity contribution is 5.44. The normalized spacial score (nSPS) is 20.6. The van der Waals surface area contributed by atoms with Crippen LogP contribution in [0.25, 0.3) is 11.8 Å². The third kappa shape index (κ3) is 3.33. The first-order valence-electron chi connectivity index (χ1n) is 7.74. The van der Waals surface area contributed by atoms with Gasteiger partial charge >= 0.3 is 0 Å². The van der Waals surface area contributed by atoms with Crippen LogP contribution in [0, 0.1) is 12.8 Å². The minimum atomic E-state index is 0.529. The lowest BCUT2D eigenvalue weighted by molar-refractivity contribution is 0.298. The summed E-state index contributed by atoms with van der Waals surface area (Å²) in [5.74, 6) is 0.803. The van der Waals surface area contributed by atoms with Gasteiger partial charge in [0.05, 0.1) is 11.0 Å². The molecule has 0 bridgehead atoms. The number of H-pyrrole nitrogens is 1. The van der Waals surface area contributed by atoms with Crippen LogP contribution in [0.3, 0.4) is 0 Å². The molecule has 0 aliphatic heterocycles. The zero-order chi connectivity index (χ0) is 14.5. The molecule has 1 aromatic rings. The first kappa shape index (κ1) is 14.9. The molecule has 1 saturated carbocycles. The van der Waals surface area contributed by atoms with E-state index in [1.165, 1.54) is 43.0 Å². The Morgan fingerprint density at radius 3 is 2.75 bits per heavy atom. The third-order valence-corrected chi connectivity index (χ3v) is 4.44. The molecule has 20 heavy (non-hydrogen) atoms. The monoisotopic (exact) mass is 273 g/mol. The van der Waals surface area contributed by atoms with Gasteiger partial charge in [0.25, 0.3) is 0 Å². The second-order valence-corrected chi connectivity index (χ2v) is 5.96. The van der Waals surface area contributed by atoms with E-state index in [0.717, 1.165) is 17.0 Å². The van der Waals surface area contributed by atoms with Crippen molar-refractivity contribution < 1.29 is 0 Å².